The van der Waals surface area contributed by atoms with E-state index in [-0.39, 0.29) is 12.5 Å². The molecule has 1 N–H and O–H groups in total. The number of carbonyl (C=O) groups excluding carboxylic acids is 2. The molecule has 0 bridgehead atoms. The second-order valence-electron chi connectivity index (χ2n) is 4.71. The molecule has 1 fully saturated rings. The molecule has 1 amide bonds. The van der Waals surface area contributed by atoms with Crippen molar-refractivity contribution in [2.24, 2.45) is 0 Å². The predicted octanol–water partition coefficient (Wildman–Crippen LogP) is 2.28. The molecule has 5 nitrogen and oxygen atoms in total. The standard InChI is InChI=1S/C14H16ClNO4/c15-11-3-5-12(6-4-11)19-9-13(18)16-14(20-10-17)7-1-2-8-14/h3-6,10H,1-2,7-9H2,(H,16,18). The van der Waals surface area contributed by atoms with Crippen molar-refractivity contribution in [1.29, 1.82) is 0 Å². The Morgan fingerprint density at radius 3 is 2.55 bits per heavy atom. The molecule has 0 aromatic heterocycles. The van der Waals surface area contributed by atoms with Gasteiger partial charge in [0.05, 0.1) is 0 Å². The number of benzene rings is 1. The van der Waals surface area contributed by atoms with Crippen molar-refractivity contribution >= 4 is 24.0 Å². The lowest BCUT2D eigenvalue weighted by molar-refractivity contribution is -0.151. The highest BCUT2D eigenvalue weighted by molar-refractivity contribution is 6.30. The largest absolute Gasteiger partial charge is 0.484 e. The average molecular weight is 298 g/mol. The van der Waals surface area contributed by atoms with Gasteiger partial charge >= 0.3 is 0 Å². The van der Waals surface area contributed by atoms with Gasteiger partial charge in [0, 0.05) is 17.9 Å². The van der Waals surface area contributed by atoms with E-state index in [1.807, 2.05) is 0 Å². The summed E-state index contributed by atoms with van der Waals surface area (Å²) in [4.78, 5) is 22.4. The van der Waals surface area contributed by atoms with E-state index >= 15 is 0 Å². The van der Waals surface area contributed by atoms with E-state index in [0.29, 0.717) is 30.1 Å². The minimum absolute atomic E-state index is 0.133. The van der Waals surface area contributed by atoms with Crippen molar-refractivity contribution in [2.45, 2.75) is 31.4 Å². The van der Waals surface area contributed by atoms with Crippen molar-refractivity contribution in [1.82, 2.24) is 5.32 Å². The molecular weight excluding hydrogens is 282 g/mol. The molecule has 1 saturated carbocycles. The van der Waals surface area contributed by atoms with Crippen molar-refractivity contribution in [2.75, 3.05) is 6.61 Å². The summed E-state index contributed by atoms with van der Waals surface area (Å²) in [5.41, 5.74) is -0.859. The third kappa shape index (κ3) is 3.87. The van der Waals surface area contributed by atoms with E-state index in [1.54, 1.807) is 24.3 Å². The molecule has 0 atom stereocenters. The van der Waals surface area contributed by atoms with E-state index < -0.39 is 5.72 Å². The lowest BCUT2D eigenvalue weighted by Gasteiger charge is -2.27. The lowest BCUT2D eigenvalue weighted by atomic mass is 10.2. The van der Waals surface area contributed by atoms with Crippen LogP contribution in [-0.2, 0) is 14.3 Å². The van der Waals surface area contributed by atoms with Gasteiger partial charge in [0.15, 0.2) is 12.3 Å². The Balaban J connectivity index is 1.85. The van der Waals surface area contributed by atoms with E-state index in [4.69, 9.17) is 21.1 Å². The van der Waals surface area contributed by atoms with Crippen LogP contribution in [0.25, 0.3) is 0 Å². The third-order valence-corrected chi connectivity index (χ3v) is 3.49. The predicted molar refractivity (Wildman–Crippen MR) is 73.4 cm³/mol. The molecule has 1 aliphatic rings. The van der Waals surface area contributed by atoms with Crippen LogP contribution in [0, 0.1) is 0 Å². The van der Waals surface area contributed by atoms with Crippen LogP contribution in [0.1, 0.15) is 25.7 Å². The molecule has 20 heavy (non-hydrogen) atoms. The lowest BCUT2D eigenvalue weighted by Crippen LogP contribution is -2.49. The summed E-state index contributed by atoms with van der Waals surface area (Å²) in [5.74, 6) is 0.241. The van der Waals surface area contributed by atoms with E-state index in [2.05, 4.69) is 5.32 Å². The number of rotatable bonds is 6. The van der Waals surface area contributed by atoms with Gasteiger partial charge in [-0.25, -0.2) is 0 Å². The van der Waals surface area contributed by atoms with Crippen molar-refractivity contribution in [3.63, 3.8) is 0 Å². The minimum Gasteiger partial charge on any atom is -0.484 e. The minimum atomic E-state index is -0.859. The number of carbonyl (C=O) groups is 2. The average Bonchev–Trinajstić information content (AvgIpc) is 2.87. The van der Waals surface area contributed by atoms with Crippen LogP contribution in [0.3, 0.4) is 0 Å². The van der Waals surface area contributed by atoms with Crippen LogP contribution in [0.2, 0.25) is 5.02 Å². The smallest absolute Gasteiger partial charge is 0.295 e. The Bertz CT molecular complexity index is 469. The van der Waals surface area contributed by atoms with E-state index in [0.717, 1.165) is 12.8 Å². The van der Waals surface area contributed by atoms with Crippen molar-refractivity contribution in [3.05, 3.63) is 29.3 Å². The molecule has 1 aliphatic carbocycles. The molecule has 0 radical (unpaired) electrons. The van der Waals surface area contributed by atoms with Gasteiger partial charge in [-0.1, -0.05) is 11.6 Å². The van der Waals surface area contributed by atoms with Crippen LogP contribution < -0.4 is 10.1 Å². The Labute approximate surface area is 122 Å². The van der Waals surface area contributed by atoms with Crippen LogP contribution in [0.15, 0.2) is 24.3 Å². The molecule has 0 saturated heterocycles. The maximum Gasteiger partial charge on any atom is 0.295 e. The molecule has 0 spiro atoms. The van der Waals surface area contributed by atoms with Gasteiger partial charge in [-0.3, -0.25) is 9.59 Å². The first kappa shape index (κ1) is 14.7. The molecule has 0 unspecified atom stereocenters. The molecule has 1 aromatic rings. The fourth-order valence-electron chi connectivity index (χ4n) is 2.28. The highest BCUT2D eigenvalue weighted by Crippen LogP contribution is 2.30. The second-order valence-corrected chi connectivity index (χ2v) is 5.14. The van der Waals surface area contributed by atoms with Gasteiger partial charge in [0.1, 0.15) is 5.75 Å². The fourth-order valence-corrected chi connectivity index (χ4v) is 2.41. The normalized spacial score (nSPS) is 16.4. The number of nitrogens with one attached hydrogen (secondary N) is 1. The quantitative estimate of drug-likeness (QED) is 0.646. The monoisotopic (exact) mass is 297 g/mol. The third-order valence-electron chi connectivity index (χ3n) is 3.24. The molecular formula is C14H16ClNO4. The highest BCUT2D eigenvalue weighted by Gasteiger charge is 2.37. The number of ether oxygens (including phenoxy) is 2. The van der Waals surface area contributed by atoms with Crippen molar-refractivity contribution < 1.29 is 19.1 Å². The number of halogens is 1. The Kier molecular flexibility index (Phi) is 4.84. The van der Waals surface area contributed by atoms with Crippen LogP contribution in [0.5, 0.6) is 5.75 Å². The van der Waals surface area contributed by atoms with Gasteiger partial charge in [-0.15, -0.1) is 0 Å². The first-order valence-corrected chi connectivity index (χ1v) is 6.82. The molecule has 1 aromatic carbocycles. The molecule has 0 heterocycles. The maximum absolute atomic E-state index is 11.9. The van der Waals surface area contributed by atoms with E-state index in [9.17, 15) is 9.59 Å². The summed E-state index contributed by atoms with van der Waals surface area (Å²) in [6.07, 6.45) is 3.12. The molecule has 6 heteroatoms. The van der Waals surface area contributed by atoms with Crippen LogP contribution >= 0.6 is 11.6 Å². The van der Waals surface area contributed by atoms with Gasteiger partial charge in [0.2, 0.25) is 0 Å². The van der Waals surface area contributed by atoms with Crippen LogP contribution in [0.4, 0.5) is 0 Å². The Morgan fingerprint density at radius 1 is 1.30 bits per heavy atom. The summed E-state index contributed by atoms with van der Waals surface area (Å²) in [6, 6.07) is 6.73. The van der Waals surface area contributed by atoms with Gasteiger partial charge < -0.3 is 14.8 Å². The first-order valence-electron chi connectivity index (χ1n) is 6.44. The number of hydrogen-bond acceptors (Lipinski definition) is 4. The van der Waals surface area contributed by atoms with Crippen molar-refractivity contribution in [3.8, 4) is 5.75 Å². The summed E-state index contributed by atoms with van der Waals surface area (Å²) in [5, 5.41) is 3.33. The number of hydrogen-bond donors (Lipinski definition) is 1. The summed E-state index contributed by atoms with van der Waals surface area (Å²) >= 11 is 5.76. The molecule has 0 aliphatic heterocycles. The van der Waals surface area contributed by atoms with Gasteiger partial charge in [-0.2, -0.15) is 0 Å². The summed E-state index contributed by atoms with van der Waals surface area (Å²) < 4.78 is 10.4. The number of amides is 1. The molecule has 108 valence electrons. The zero-order valence-corrected chi connectivity index (χ0v) is 11.7. The highest BCUT2D eigenvalue weighted by atomic mass is 35.5. The fraction of sp³-hybridized carbons (Fsp3) is 0.429. The zero-order chi connectivity index (χ0) is 14.4. The maximum atomic E-state index is 11.9. The zero-order valence-electron chi connectivity index (χ0n) is 10.9. The first-order chi connectivity index (χ1) is 9.63. The van der Waals surface area contributed by atoms with Crippen LogP contribution in [-0.4, -0.2) is 24.7 Å². The second kappa shape index (κ2) is 6.61. The van der Waals surface area contributed by atoms with Gasteiger partial charge in [-0.05, 0) is 37.1 Å². The summed E-state index contributed by atoms with van der Waals surface area (Å²) in [7, 11) is 0. The van der Waals surface area contributed by atoms with E-state index in [1.165, 1.54) is 0 Å². The SMILES string of the molecule is O=COC1(NC(=O)COc2ccc(Cl)cc2)CCCC1. The summed E-state index contributed by atoms with van der Waals surface area (Å²) in [6.45, 7) is 0.247. The Hall–Kier alpha value is -1.75. The topological polar surface area (TPSA) is 64.6 Å². The molecule has 2 rings (SSSR count). The Morgan fingerprint density at radius 2 is 1.95 bits per heavy atom. The van der Waals surface area contributed by atoms with Gasteiger partial charge in [0.25, 0.3) is 12.4 Å².